The van der Waals surface area contributed by atoms with Crippen molar-refractivity contribution in [1.29, 1.82) is 0 Å². The molecule has 0 unspecified atom stereocenters. The van der Waals surface area contributed by atoms with Crippen molar-refractivity contribution < 1.29 is 27.9 Å². The first-order valence-corrected chi connectivity index (χ1v) is 20.2. The van der Waals surface area contributed by atoms with E-state index in [2.05, 4.69) is 21.8 Å². The van der Waals surface area contributed by atoms with Gasteiger partial charge in [-0.25, -0.2) is 13.1 Å². The summed E-state index contributed by atoms with van der Waals surface area (Å²) < 4.78 is 35.9. The van der Waals surface area contributed by atoms with Crippen LogP contribution in [0.4, 0.5) is 5.69 Å². The van der Waals surface area contributed by atoms with E-state index in [0.717, 1.165) is 37.8 Å². The first-order valence-electron chi connectivity index (χ1n) is 18.3. The van der Waals surface area contributed by atoms with Gasteiger partial charge in [0, 0.05) is 49.2 Å². The summed E-state index contributed by atoms with van der Waals surface area (Å²) >= 11 is 6.45. The van der Waals surface area contributed by atoms with E-state index >= 15 is 0 Å². The molecule has 6 rings (SSSR count). The number of ether oxygens (including phenoxy) is 1. The first-order chi connectivity index (χ1) is 24.1. The highest BCUT2D eigenvalue weighted by atomic mass is 35.5. The third-order valence-electron chi connectivity index (χ3n) is 12.0. The van der Waals surface area contributed by atoms with Crippen LogP contribution in [0, 0.1) is 17.8 Å². The highest BCUT2D eigenvalue weighted by molar-refractivity contribution is 7.90. The molecule has 1 fully saturated rings. The SMILES string of the molecule is C[C@@H]1[C@@H](C)C/C=C/[C@](O)(CC(=O)N(C)CCN(C)C)[C@@H]2CC[C@H]2CN2C[C@@]3(CCCc4cc(Cl)ccc43)COc3ccc(cc32)C(=O)NS1(=O)=O. The van der Waals surface area contributed by atoms with Gasteiger partial charge in [-0.1, -0.05) is 36.7 Å². The van der Waals surface area contributed by atoms with Crippen molar-refractivity contribution in [2.24, 2.45) is 17.8 Å². The van der Waals surface area contributed by atoms with Gasteiger partial charge >= 0.3 is 0 Å². The van der Waals surface area contributed by atoms with E-state index in [-0.39, 0.29) is 41.1 Å². The number of aliphatic hydroxyl groups is 1. The first kappa shape index (κ1) is 37.6. The minimum absolute atomic E-state index is 0.0536. The quantitative estimate of drug-likeness (QED) is 0.411. The lowest BCUT2D eigenvalue weighted by molar-refractivity contribution is -0.138. The van der Waals surface area contributed by atoms with Crippen LogP contribution in [0.2, 0.25) is 5.02 Å². The number of halogens is 1. The predicted molar refractivity (Wildman–Crippen MR) is 201 cm³/mol. The van der Waals surface area contributed by atoms with Crippen LogP contribution in [0.5, 0.6) is 5.75 Å². The molecule has 2 N–H and O–H groups in total. The van der Waals surface area contributed by atoms with Gasteiger partial charge in [-0.2, -0.15) is 0 Å². The average Bonchev–Trinajstić information content (AvgIpc) is 3.21. The maximum Gasteiger partial charge on any atom is 0.264 e. The molecule has 4 aliphatic rings. The van der Waals surface area contributed by atoms with Crippen LogP contribution in [-0.4, -0.2) is 99.9 Å². The second-order valence-electron chi connectivity index (χ2n) is 15.8. The molecule has 2 amide bonds. The number of nitrogens with zero attached hydrogens (tertiary/aromatic N) is 3. The summed E-state index contributed by atoms with van der Waals surface area (Å²) in [7, 11) is 1.66. The molecular weight excluding hydrogens is 688 g/mol. The zero-order chi connectivity index (χ0) is 36.7. The van der Waals surface area contributed by atoms with Gasteiger partial charge in [0.1, 0.15) is 5.75 Å². The van der Waals surface area contributed by atoms with Gasteiger partial charge in [0.05, 0.1) is 29.6 Å². The van der Waals surface area contributed by atoms with Crippen LogP contribution in [0.25, 0.3) is 0 Å². The Labute approximate surface area is 308 Å². The Morgan fingerprint density at radius 1 is 1.12 bits per heavy atom. The number of amides is 2. The number of sulfonamides is 1. The topological polar surface area (TPSA) is 119 Å². The fraction of sp³-hybridized carbons (Fsp3) is 0.590. The summed E-state index contributed by atoms with van der Waals surface area (Å²) in [5.41, 5.74) is 1.60. The van der Waals surface area contributed by atoms with Gasteiger partial charge in [0.15, 0.2) is 0 Å². The Balaban J connectivity index is 1.41. The minimum Gasteiger partial charge on any atom is -0.490 e. The van der Waals surface area contributed by atoms with Crippen LogP contribution >= 0.6 is 11.6 Å². The van der Waals surface area contributed by atoms with Gasteiger partial charge in [0.25, 0.3) is 5.91 Å². The van der Waals surface area contributed by atoms with Crippen LogP contribution < -0.4 is 14.4 Å². The Kier molecular flexibility index (Phi) is 10.9. The Morgan fingerprint density at radius 2 is 1.90 bits per heavy atom. The summed E-state index contributed by atoms with van der Waals surface area (Å²) in [5.74, 6) is -0.692. The number of carbonyl (C=O) groups excluding carboxylic acids is 2. The van der Waals surface area contributed by atoms with Crippen molar-refractivity contribution in [2.75, 3.05) is 58.8 Å². The van der Waals surface area contributed by atoms with Crippen molar-refractivity contribution >= 4 is 39.1 Å². The molecule has 12 heteroatoms. The molecule has 278 valence electrons. The van der Waals surface area contributed by atoms with E-state index < -0.39 is 26.8 Å². The molecule has 2 heterocycles. The van der Waals surface area contributed by atoms with E-state index in [1.807, 2.05) is 38.1 Å². The average molecular weight is 741 g/mol. The molecule has 2 aromatic rings. The zero-order valence-corrected chi connectivity index (χ0v) is 32.1. The second kappa shape index (κ2) is 14.7. The van der Waals surface area contributed by atoms with Crippen molar-refractivity contribution in [3.05, 3.63) is 70.3 Å². The van der Waals surface area contributed by atoms with Crippen molar-refractivity contribution in [3.63, 3.8) is 0 Å². The lowest BCUT2D eigenvalue weighted by Crippen LogP contribution is -2.53. The maximum absolute atomic E-state index is 13.6. The lowest BCUT2D eigenvalue weighted by atomic mass is 9.63. The van der Waals surface area contributed by atoms with Gasteiger partial charge in [-0.05, 0) is 119 Å². The van der Waals surface area contributed by atoms with Crippen LogP contribution in [-0.2, 0) is 26.7 Å². The van der Waals surface area contributed by atoms with Crippen LogP contribution in [0.3, 0.4) is 0 Å². The summed E-state index contributed by atoms with van der Waals surface area (Å²) in [6, 6.07) is 11.2. The minimum atomic E-state index is -4.03. The molecule has 10 nitrogen and oxygen atoms in total. The second-order valence-corrected chi connectivity index (χ2v) is 18.3. The zero-order valence-electron chi connectivity index (χ0n) is 30.5. The number of benzene rings is 2. The van der Waals surface area contributed by atoms with E-state index in [0.29, 0.717) is 50.0 Å². The smallest absolute Gasteiger partial charge is 0.264 e. The number of hydrogen-bond acceptors (Lipinski definition) is 8. The number of hydrogen-bond donors (Lipinski definition) is 2. The molecule has 0 radical (unpaired) electrons. The molecule has 51 heavy (non-hydrogen) atoms. The van der Waals surface area contributed by atoms with E-state index in [4.69, 9.17) is 16.3 Å². The van der Waals surface area contributed by atoms with Gasteiger partial charge in [-0.3, -0.25) is 9.59 Å². The number of carbonyl (C=O) groups is 2. The van der Waals surface area contributed by atoms with Crippen molar-refractivity contribution in [2.45, 2.75) is 75.1 Å². The number of aryl methyl sites for hydroxylation is 1. The molecule has 2 aromatic carbocycles. The molecule has 1 spiro atoms. The number of anilines is 1. The normalized spacial score (nSPS) is 31.0. The van der Waals surface area contributed by atoms with E-state index in [9.17, 15) is 23.1 Å². The third-order valence-corrected chi connectivity index (χ3v) is 14.1. The molecule has 0 aromatic heterocycles. The standard InChI is InChI=1S/C39H53ClN4O6S/c1-26-8-6-17-39(47,22-36(45)43(5)19-18-42(3)4)33-13-10-30(33)23-44-24-38(16-7-9-28-20-31(40)12-14-32(28)38)25-50-35-15-11-29(21-34(35)44)37(46)41-51(48,49)27(26)2/h6,11-12,14-15,17,20-21,26-27,30,33,47H,7-10,13,16,18-19,22-25H2,1-5H3,(H,41,46)/b17-6+/t26-,27+,30-,33+,38-,39-/m0/s1. The number of allylic oxidation sites excluding steroid dienone is 1. The Hall–Kier alpha value is -3.12. The van der Waals surface area contributed by atoms with E-state index in [1.54, 1.807) is 43.1 Å². The number of likely N-dealkylation sites (N-methyl/N-ethyl adjacent to an activating group) is 2. The monoisotopic (exact) mass is 740 g/mol. The van der Waals surface area contributed by atoms with Gasteiger partial charge in [-0.15, -0.1) is 0 Å². The number of rotatable bonds is 5. The lowest BCUT2D eigenvalue weighted by Gasteiger charge is -2.49. The number of nitrogens with one attached hydrogen (secondary N) is 1. The molecular formula is C39H53ClN4O6S. The molecule has 1 saturated carbocycles. The van der Waals surface area contributed by atoms with Crippen LogP contribution in [0.15, 0.2) is 48.6 Å². The van der Waals surface area contributed by atoms with Gasteiger partial charge < -0.3 is 24.5 Å². The summed E-state index contributed by atoms with van der Waals surface area (Å²) in [4.78, 5) is 33.2. The predicted octanol–water partition coefficient (Wildman–Crippen LogP) is 5.02. The Bertz CT molecular complexity index is 1780. The van der Waals surface area contributed by atoms with Crippen LogP contribution in [0.1, 0.15) is 73.9 Å². The summed E-state index contributed by atoms with van der Waals surface area (Å²) in [6.07, 6.45) is 8.32. The van der Waals surface area contributed by atoms with Crippen molar-refractivity contribution in [3.8, 4) is 5.75 Å². The molecule has 2 aliphatic carbocycles. The molecule has 6 atom stereocenters. The summed E-state index contributed by atoms with van der Waals surface area (Å²) in [6.45, 7) is 6.28. The summed E-state index contributed by atoms with van der Waals surface area (Å²) in [5, 5.41) is 12.3. The Morgan fingerprint density at radius 3 is 2.63 bits per heavy atom. The fourth-order valence-electron chi connectivity index (χ4n) is 8.41. The molecule has 2 bridgehead atoms. The molecule has 2 aliphatic heterocycles. The van der Waals surface area contributed by atoms with E-state index in [1.165, 1.54) is 11.1 Å². The van der Waals surface area contributed by atoms with Crippen molar-refractivity contribution in [1.82, 2.24) is 14.5 Å². The highest BCUT2D eigenvalue weighted by Gasteiger charge is 2.49. The largest absolute Gasteiger partial charge is 0.490 e. The fourth-order valence-corrected chi connectivity index (χ4v) is 9.89. The maximum atomic E-state index is 13.6. The van der Waals surface area contributed by atoms with Gasteiger partial charge in [0.2, 0.25) is 15.9 Å². The highest BCUT2D eigenvalue weighted by Crippen LogP contribution is 2.49. The molecule has 0 saturated heterocycles. The number of fused-ring (bicyclic) bond motifs is 4. The third kappa shape index (κ3) is 7.82.